The Bertz CT molecular complexity index is 489. The number of nitriles is 1. The third kappa shape index (κ3) is 1.97. The maximum Gasteiger partial charge on any atom is 0.253 e. The van der Waals surface area contributed by atoms with Gasteiger partial charge in [0.15, 0.2) is 0 Å². The van der Waals surface area contributed by atoms with Gasteiger partial charge in [-0.25, -0.2) is 8.42 Å². The molecule has 0 aliphatic carbocycles. The minimum atomic E-state index is -3.49. The molecule has 1 aliphatic rings. The van der Waals surface area contributed by atoms with Crippen molar-refractivity contribution < 1.29 is 8.42 Å². The van der Waals surface area contributed by atoms with Crippen molar-refractivity contribution in [3.63, 3.8) is 0 Å². The number of hydrogen-bond acceptors (Lipinski definition) is 5. The lowest BCUT2D eigenvalue weighted by Crippen LogP contribution is -2.52. The normalized spacial score (nSPS) is 22.8. The zero-order chi connectivity index (χ0) is 11.6. The van der Waals surface area contributed by atoms with Crippen LogP contribution in [0.5, 0.6) is 0 Å². The molecule has 0 spiro atoms. The molecule has 0 saturated carbocycles. The van der Waals surface area contributed by atoms with Crippen molar-refractivity contribution >= 4 is 21.4 Å². The topological polar surface area (TPSA) is 73.2 Å². The molecule has 1 aliphatic heterocycles. The lowest BCUT2D eigenvalue weighted by atomic mass is 10.3. The van der Waals surface area contributed by atoms with Crippen molar-refractivity contribution in [3.8, 4) is 6.07 Å². The number of sulfonamides is 1. The second-order valence-electron chi connectivity index (χ2n) is 3.40. The molecule has 0 aromatic carbocycles. The van der Waals surface area contributed by atoms with Crippen LogP contribution < -0.4 is 5.32 Å². The van der Waals surface area contributed by atoms with Crippen LogP contribution in [0.15, 0.2) is 21.7 Å². The quantitative estimate of drug-likeness (QED) is 0.823. The van der Waals surface area contributed by atoms with Crippen LogP contribution in [-0.4, -0.2) is 38.4 Å². The van der Waals surface area contributed by atoms with E-state index in [-0.39, 0.29) is 0 Å². The fourth-order valence-electron chi connectivity index (χ4n) is 1.61. The minimum absolute atomic E-state index is 0.301. The van der Waals surface area contributed by atoms with E-state index in [2.05, 4.69) is 5.32 Å². The highest BCUT2D eigenvalue weighted by atomic mass is 32.2. The summed E-state index contributed by atoms with van der Waals surface area (Å²) in [5, 5.41) is 13.7. The van der Waals surface area contributed by atoms with Crippen LogP contribution >= 0.6 is 11.3 Å². The second-order valence-corrected chi connectivity index (χ2v) is 6.46. The monoisotopic (exact) mass is 257 g/mol. The Hall–Kier alpha value is -0.940. The summed E-state index contributed by atoms with van der Waals surface area (Å²) in [6, 6.07) is 4.66. The van der Waals surface area contributed by atoms with Crippen molar-refractivity contribution in [1.29, 1.82) is 5.26 Å². The van der Waals surface area contributed by atoms with Crippen LogP contribution in [0.25, 0.3) is 0 Å². The van der Waals surface area contributed by atoms with Crippen molar-refractivity contribution in [2.24, 2.45) is 0 Å². The summed E-state index contributed by atoms with van der Waals surface area (Å²) in [6.07, 6.45) is 0. The van der Waals surface area contributed by atoms with Gasteiger partial charge in [0.1, 0.15) is 10.3 Å². The Morgan fingerprint density at radius 1 is 1.62 bits per heavy atom. The van der Waals surface area contributed by atoms with Crippen LogP contribution in [0.1, 0.15) is 0 Å². The van der Waals surface area contributed by atoms with Crippen molar-refractivity contribution in [1.82, 2.24) is 9.62 Å². The zero-order valence-electron chi connectivity index (χ0n) is 8.46. The van der Waals surface area contributed by atoms with Gasteiger partial charge in [-0.3, -0.25) is 0 Å². The first-order valence-electron chi connectivity index (χ1n) is 4.82. The predicted molar refractivity (Wildman–Crippen MR) is 60.5 cm³/mol. The molecule has 1 saturated heterocycles. The summed E-state index contributed by atoms with van der Waals surface area (Å²) in [4.78, 5) is 0. The lowest BCUT2D eigenvalue weighted by molar-refractivity contribution is 0.312. The summed E-state index contributed by atoms with van der Waals surface area (Å²) in [5.74, 6) is 0. The lowest BCUT2D eigenvalue weighted by Gasteiger charge is -2.30. The molecule has 2 heterocycles. The van der Waals surface area contributed by atoms with Crippen molar-refractivity contribution in [2.75, 3.05) is 19.6 Å². The van der Waals surface area contributed by atoms with E-state index < -0.39 is 16.1 Å². The fraction of sp³-hybridized carbons (Fsp3) is 0.444. The minimum Gasteiger partial charge on any atom is -0.313 e. The molecule has 5 nitrogen and oxygen atoms in total. The molecule has 7 heteroatoms. The van der Waals surface area contributed by atoms with Gasteiger partial charge in [0.05, 0.1) is 6.07 Å². The Balaban J connectivity index is 2.33. The van der Waals surface area contributed by atoms with Crippen LogP contribution in [0, 0.1) is 11.3 Å². The van der Waals surface area contributed by atoms with Crippen LogP contribution in [0.2, 0.25) is 0 Å². The van der Waals surface area contributed by atoms with Gasteiger partial charge < -0.3 is 5.32 Å². The smallest absolute Gasteiger partial charge is 0.253 e. The van der Waals surface area contributed by atoms with Gasteiger partial charge >= 0.3 is 0 Å². The molecular weight excluding hydrogens is 246 g/mol. The SMILES string of the molecule is N#CC1CNCCN1S(=O)(=O)c1cccs1. The van der Waals surface area contributed by atoms with Gasteiger partial charge in [-0.2, -0.15) is 9.57 Å². The molecule has 86 valence electrons. The number of nitrogens with one attached hydrogen (secondary N) is 1. The second kappa shape index (κ2) is 4.51. The molecule has 1 atom stereocenters. The van der Waals surface area contributed by atoms with E-state index >= 15 is 0 Å². The van der Waals surface area contributed by atoms with Gasteiger partial charge in [0.2, 0.25) is 0 Å². The fourth-order valence-corrected chi connectivity index (χ4v) is 4.27. The molecule has 1 aromatic rings. The van der Waals surface area contributed by atoms with E-state index in [1.807, 2.05) is 6.07 Å². The number of nitrogens with zero attached hydrogens (tertiary/aromatic N) is 2. The molecule has 1 aromatic heterocycles. The van der Waals surface area contributed by atoms with Gasteiger partial charge in [-0.1, -0.05) is 6.07 Å². The van der Waals surface area contributed by atoms with Gasteiger partial charge in [0, 0.05) is 19.6 Å². The van der Waals surface area contributed by atoms with Crippen molar-refractivity contribution in [2.45, 2.75) is 10.3 Å². The molecule has 1 N–H and O–H groups in total. The maximum atomic E-state index is 12.2. The highest BCUT2D eigenvalue weighted by Crippen LogP contribution is 2.23. The number of rotatable bonds is 2. The van der Waals surface area contributed by atoms with Gasteiger partial charge in [0.25, 0.3) is 10.0 Å². The van der Waals surface area contributed by atoms with E-state index in [0.29, 0.717) is 23.8 Å². The Labute approximate surface area is 98.4 Å². The number of hydrogen-bond donors (Lipinski definition) is 1. The van der Waals surface area contributed by atoms with Crippen LogP contribution in [-0.2, 0) is 10.0 Å². The standard InChI is InChI=1S/C9H11N3O2S2/c10-6-8-7-11-3-4-12(8)16(13,14)9-2-1-5-15-9/h1-2,5,8,11H,3-4,7H2. The first kappa shape index (κ1) is 11.5. The zero-order valence-corrected chi connectivity index (χ0v) is 10.1. The molecule has 2 rings (SSSR count). The Kier molecular flexibility index (Phi) is 3.25. The molecule has 0 radical (unpaired) electrons. The summed E-state index contributed by atoms with van der Waals surface area (Å²) < 4.78 is 25.9. The first-order valence-corrected chi connectivity index (χ1v) is 7.14. The van der Waals surface area contributed by atoms with Crippen LogP contribution in [0.3, 0.4) is 0 Å². The molecule has 1 unspecified atom stereocenters. The first-order chi connectivity index (χ1) is 7.66. The molecule has 1 fully saturated rings. The van der Waals surface area contributed by atoms with Crippen molar-refractivity contribution in [3.05, 3.63) is 17.5 Å². The predicted octanol–water partition coefficient (Wildman–Crippen LogP) is 0.234. The summed E-state index contributed by atoms with van der Waals surface area (Å²) in [5.41, 5.74) is 0. The van der Waals surface area contributed by atoms with Gasteiger partial charge in [-0.15, -0.1) is 11.3 Å². The highest BCUT2D eigenvalue weighted by molar-refractivity contribution is 7.91. The van der Waals surface area contributed by atoms with Crippen LogP contribution in [0.4, 0.5) is 0 Å². The van der Waals surface area contributed by atoms with E-state index in [9.17, 15) is 8.42 Å². The number of thiophene rings is 1. The largest absolute Gasteiger partial charge is 0.313 e. The molecule has 0 amide bonds. The Morgan fingerprint density at radius 2 is 2.44 bits per heavy atom. The van der Waals surface area contributed by atoms with E-state index in [0.717, 1.165) is 0 Å². The average molecular weight is 257 g/mol. The highest BCUT2D eigenvalue weighted by Gasteiger charge is 2.33. The summed E-state index contributed by atoms with van der Waals surface area (Å²) >= 11 is 1.18. The number of piperazine rings is 1. The third-order valence-electron chi connectivity index (χ3n) is 2.40. The maximum absolute atomic E-state index is 12.2. The van der Waals surface area contributed by atoms with Gasteiger partial charge in [-0.05, 0) is 11.4 Å². The molecule has 0 bridgehead atoms. The van der Waals surface area contributed by atoms with E-state index in [1.165, 1.54) is 15.6 Å². The third-order valence-corrected chi connectivity index (χ3v) is 5.68. The Morgan fingerprint density at radius 3 is 3.06 bits per heavy atom. The summed E-state index contributed by atoms with van der Waals surface area (Å²) in [7, 11) is -3.49. The molecular formula is C9H11N3O2S2. The molecule has 16 heavy (non-hydrogen) atoms. The van der Waals surface area contributed by atoms with E-state index in [1.54, 1.807) is 17.5 Å². The summed E-state index contributed by atoms with van der Waals surface area (Å²) in [6.45, 7) is 1.32. The van der Waals surface area contributed by atoms with E-state index in [4.69, 9.17) is 5.26 Å². The average Bonchev–Trinajstić information content (AvgIpc) is 2.83.